The van der Waals surface area contributed by atoms with Crippen LogP contribution < -0.4 is 20.9 Å². The van der Waals surface area contributed by atoms with Crippen LogP contribution in [0.1, 0.15) is 6.42 Å². The van der Waals surface area contributed by atoms with E-state index in [1.807, 2.05) is 18.2 Å². The number of hydrogen-bond acceptors (Lipinski definition) is 7. The van der Waals surface area contributed by atoms with Gasteiger partial charge < -0.3 is 20.9 Å². The summed E-state index contributed by atoms with van der Waals surface area (Å²) < 4.78 is 0. The molecule has 1 aromatic carbocycles. The number of carbonyl (C=O) groups excluding carboxylic acids is 2. The molecule has 2 amide bonds. The summed E-state index contributed by atoms with van der Waals surface area (Å²) in [6.07, 6.45) is 3.58. The fourth-order valence-electron chi connectivity index (χ4n) is 3.35. The number of benzene rings is 1. The predicted octanol–water partition coefficient (Wildman–Crippen LogP) is 2.85. The van der Waals surface area contributed by atoms with Gasteiger partial charge in [0, 0.05) is 54.8 Å². The van der Waals surface area contributed by atoms with Gasteiger partial charge >= 0.3 is 0 Å². The summed E-state index contributed by atoms with van der Waals surface area (Å²) in [4.78, 5) is 30.4. The first kappa shape index (κ1) is 21.5. The maximum atomic E-state index is 12.5. The fourth-order valence-corrected chi connectivity index (χ4v) is 3.48. The number of rotatable bonds is 8. The summed E-state index contributed by atoms with van der Waals surface area (Å²) in [5, 5.41) is 18.0. The molecule has 0 spiro atoms. The third-order valence-corrected chi connectivity index (χ3v) is 5.23. The second kappa shape index (κ2) is 10.1. The number of halogens is 1. The zero-order valence-electron chi connectivity index (χ0n) is 17.2. The van der Waals surface area contributed by atoms with E-state index < -0.39 is 0 Å². The number of carbonyl (C=O) groups is 2. The Morgan fingerprint density at radius 1 is 1.00 bits per heavy atom. The molecule has 9 nitrogen and oxygen atoms in total. The van der Waals surface area contributed by atoms with E-state index in [0.29, 0.717) is 36.3 Å². The normalized spacial score (nSPS) is 15.5. The molecule has 1 atom stereocenters. The van der Waals surface area contributed by atoms with Gasteiger partial charge in [-0.15, -0.1) is 10.2 Å². The van der Waals surface area contributed by atoms with Crippen LogP contribution in [0.15, 0.2) is 60.9 Å². The molecule has 1 aliphatic rings. The molecule has 0 saturated carbocycles. The smallest absolute Gasteiger partial charge is 0.227 e. The maximum absolute atomic E-state index is 12.5. The molecule has 3 N–H and O–H groups in total. The van der Waals surface area contributed by atoms with E-state index in [9.17, 15) is 9.59 Å². The average Bonchev–Trinajstić information content (AvgIpc) is 3.20. The molecule has 0 unspecified atom stereocenters. The van der Waals surface area contributed by atoms with Crippen molar-refractivity contribution < 1.29 is 9.59 Å². The van der Waals surface area contributed by atoms with Gasteiger partial charge in [-0.25, -0.2) is 0 Å². The summed E-state index contributed by atoms with van der Waals surface area (Å²) in [6, 6.07) is 14.3. The van der Waals surface area contributed by atoms with Crippen LogP contribution in [0, 0.1) is 5.92 Å². The second-order valence-electron chi connectivity index (χ2n) is 7.26. The molecule has 164 valence electrons. The molecule has 3 aromatic rings. The van der Waals surface area contributed by atoms with E-state index in [4.69, 9.17) is 11.6 Å². The van der Waals surface area contributed by atoms with E-state index in [0.717, 1.165) is 11.4 Å². The topological polar surface area (TPSA) is 112 Å². The first-order valence-electron chi connectivity index (χ1n) is 10.2. The molecule has 0 radical (unpaired) electrons. The number of hydrogen-bond donors (Lipinski definition) is 3. The third kappa shape index (κ3) is 5.50. The number of aromatic nitrogens is 3. The molecule has 10 heteroatoms. The minimum atomic E-state index is -0.378. The molecule has 1 fully saturated rings. The van der Waals surface area contributed by atoms with Gasteiger partial charge in [0.25, 0.3) is 0 Å². The highest BCUT2D eigenvalue weighted by molar-refractivity contribution is 6.30. The predicted molar refractivity (Wildman–Crippen MR) is 123 cm³/mol. The lowest BCUT2D eigenvalue weighted by Gasteiger charge is -2.16. The van der Waals surface area contributed by atoms with E-state index in [1.165, 1.54) is 0 Å². The van der Waals surface area contributed by atoms with Gasteiger partial charge in [-0.2, -0.15) is 0 Å². The quantitative estimate of drug-likeness (QED) is 0.451. The first-order chi connectivity index (χ1) is 15.6. The number of nitrogens with one attached hydrogen (secondary N) is 3. The highest BCUT2D eigenvalue weighted by Crippen LogP contribution is 2.26. The molecular formula is C22H22ClN7O2. The van der Waals surface area contributed by atoms with Gasteiger partial charge in [0.05, 0.1) is 5.92 Å². The van der Waals surface area contributed by atoms with Crippen molar-refractivity contribution in [2.75, 3.05) is 35.2 Å². The molecule has 0 aliphatic carbocycles. The maximum Gasteiger partial charge on any atom is 0.227 e. The lowest BCUT2D eigenvalue weighted by Crippen LogP contribution is -2.35. The standard InChI is InChI=1S/C22H22ClN7O2/c23-16-1-3-18(4-2-16)30-14-15(13-21(30)31)22(32)26-12-11-25-19-5-6-20(29-28-19)27-17-7-9-24-10-8-17/h1-10,15H,11-14H2,(H,25,28)(H,26,32)(H,24,27,29)/t15-/m0/s1. The van der Waals surface area contributed by atoms with Gasteiger partial charge in [0.1, 0.15) is 5.82 Å². The van der Waals surface area contributed by atoms with Crippen LogP contribution in [0.2, 0.25) is 5.02 Å². The minimum absolute atomic E-state index is 0.0682. The van der Waals surface area contributed by atoms with Crippen LogP contribution in [-0.4, -0.2) is 46.6 Å². The van der Waals surface area contributed by atoms with Crippen LogP contribution in [-0.2, 0) is 9.59 Å². The molecular weight excluding hydrogens is 430 g/mol. The molecule has 4 rings (SSSR count). The minimum Gasteiger partial charge on any atom is -0.367 e. The number of nitrogens with zero attached hydrogens (tertiary/aromatic N) is 4. The van der Waals surface area contributed by atoms with Crippen LogP contribution in [0.25, 0.3) is 0 Å². The van der Waals surface area contributed by atoms with Gasteiger partial charge in [0.15, 0.2) is 5.82 Å². The van der Waals surface area contributed by atoms with Crippen molar-refractivity contribution in [3.8, 4) is 0 Å². The lowest BCUT2D eigenvalue weighted by molar-refractivity contribution is -0.126. The molecule has 1 aliphatic heterocycles. The highest BCUT2D eigenvalue weighted by atomic mass is 35.5. The number of amides is 2. The molecule has 32 heavy (non-hydrogen) atoms. The fraction of sp³-hybridized carbons (Fsp3) is 0.227. The monoisotopic (exact) mass is 451 g/mol. The largest absolute Gasteiger partial charge is 0.367 e. The first-order valence-corrected chi connectivity index (χ1v) is 10.5. The number of anilines is 4. The van der Waals surface area contributed by atoms with Crippen LogP contribution in [0.5, 0.6) is 0 Å². The summed E-state index contributed by atoms with van der Waals surface area (Å²) in [5.74, 6) is 0.633. The van der Waals surface area contributed by atoms with Gasteiger partial charge in [-0.1, -0.05) is 11.6 Å². The van der Waals surface area contributed by atoms with Crippen molar-refractivity contribution in [1.82, 2.24) is 20.5 Å². The van der Waals surface area contributed by atoms with Crippen molar-refractivity contribution in [3.05, 3.63) is 65.9 Å². The second-order valence-corrected chi connectivity index (χ2v) is 7.70. The van der Waals surface area contributed by atoms with Gasteiger partial charge in [-0.3, -0.25) is 14.6 Å². The zero-order chi connectivity index (χ0) is 22.3. The Kier molecular flexibility index (Phi) is 6.76. The number of pyridine rings is 1. The molecule has 1 saturated heterocycles. The summed E-state index contributed by atoms with van der Waals surface area (Å²) in [6.45, 7) is 1.25. The van der Waals surface area contributed by atoms with Crippen LogP contribution in [0.3, 0.4) is 0 Å². The van der Waals surface area contributed by atoms with E-state index >= 15 is 0 Å². The molecule has 2 aromatic heterocycles. The Bertz CT molecular complexity index is 1060. The Hall–Kier alpha value is -3.72. The SMILES string of the molecule is O=C(NCCNc1ccc(Nc2ccncc2)nn1)[C@H]1CC(=O)N(c2ccc(Cl)cc2)C1. The van der Waals surface area contributed by atoms with Crippen molar-refractivity contribution >= 4 is 46.4 Å². The van der Waals surface area contributed by atoms with Gasteiger partial charge in [-0.05, 0) is 48.5 Å². The van der Waals surface area contributed by atoms with E-state index in [-0.39, 0.29) is 24.2 Å². The van der Waals surface area contributed by atoms with Crippen molar-refractivity contribution in [1.29, 1.82) is 0 Å². The van der Waals surface area contributed by atoms with Crippen molar-refractivity contribution in [2.24, 2.45) is 5.92 Å². The zero-order valence-corrected chi connectivity index (χ0v) is 17.9. The van der Waals surface area contributed by atoms with Crippen LogP contribution >= 0.6 is 11.6 Å². The average molecular weight is 452 g/mol. The highest BCUT2D eigenvalue weighted by Gasteiger charge is 2.34. The van der Waals surface area contributed by atoms with E-state index in [1.54, 1.807) is 47.6 Å². The van der Waals surface area contributed by atoms with E-state index in [2.05, 4.69) is 31.1 Å². The van der Waals surface area contributed by atoms with Crippen molar-refractivity contribution in [3.63, 3.8) is 0 Å². The Morgan fingerprint density at radius 2 is 1.72 bits per heavy atom. The Morgan fingerprint density at radius 3 is 2.44 bits per heavy atom. The summed E-state index contributed by atoms with van der Waals surface area (Å²) >= 11 is 5.90. The van der Waals surface area contributed by atoms with Crippen molar-refractivity contribution in [2.45, 2.75) is 6.42 Å². The Balaban J connectivity index is 1.20. The van der Waals surface area contributed by atoms with Crippen LogP contribution in [0.4, 0.5) is 23.0 Å². The summed E-state index contributed by atoms with van der Waals surface area (Å²) in [7, 11) is 0. The summed E-state index contributed by atoms with van der Waals surface area (Å²) in [5.41, 5.74) is 1.62. The Labute approximate surface area is 190 Å². The van der Waals surface area contributed by atoms with Gasteiger partial charge in [0.2, 0.25) is 11.8 Å². The lowest BCUT2D eigenvalue weighted by atomic mass is 10.1. The molecule has 3 heterocycles. The third-order valence-electron chi connectivity index (χ3n) is 4.98. The molecule has 0 bridgehead atoms.